The zero-order chi connectivity index (χ0) is 8.43. The van der Waals surface area contributed by atoms with Gasteiger partial charge in [-0.05, 0) is 6.92 Å². The van der Waals surface area contributed by atoms with Crippen LogP contribution in [0.2, 0.25) is 0 Å². The summed E-state index contributed by atoms with van der Waals surface area (Å²) in [5.74, 6) is -3.19. The molecule has 1 saturated heterocycles. The lowest BCUT2D eigenvalue weighted by atomic mass is 10.3. The highest BCUT2D eigenvalue weighted by Crippen LogP contribution is 2.07. The molecular formula is C6H6O5. The van der Waals surface area contributed by atoms with Gasteiger partial charge in [-0.1, -0.05) is 0 Å². The molecule has 0 aromatic rings. The SMILES string of the molecule is CCO[C@@H]1OC(=O)C(=O)C1=O. The summed E-state index contributed by atoms with van der Waals surface area (Å²) in [4.78, 5) is 31.6. The third kappa shape index (κ3) is 1.27. The number of carbonyl (C=O) groups excluding carboxylic acids is 3. The smallest absolute Gasteiger partial charge is 0.385 e. The topological polar surface area (TPSA) is 69.7 Å². The van der Waals surface area contributed by atoms with E-state index in [1.54, 1.807) is 6.92 Å². The molecule has 0 amide bonds. The van der Waals surface area contributed by atoms with Crippen LogP contribution in [0.15, 0.2) is 0 Å². The summed E-state index contributed by atoms with van der Waals surface area (Å²) in [5.41, 5.74) is 0. The Bertz CT molecular complexity index is 219. The maximum absolute atomic E-state index is 10.7. The molecule has 0 spiro atoms. The van der Waals surface area contributed by atoms with Crippen LogP contribution in [0, 0.1) is 0 Å². The van der Waals surface area contributed by atoms with E-state index in [4.69, 9.17) is 0 Å². The molecular weight excluding hydrogens is 152 g/mol. The van der Waals surface area contributed by atoms with Crippen LogP contribution in [0.4, 0.5) is 0 Å². The number of Topliss-reactive ketones (excluding diaryl/α,β-unsaturated/α-hetero) is 2. The van der Waals surface area contributed by atoms with E-state index in [0.717, 1.165) is 0 Å². The monoisotopic (exact) mass is 158 g/mol. The van der Waals surface area contributed by atoms with Crippen molar-refractivity contribution < 1.29 is 23.9 Å². The van der Waals surface area contributed by atoms with E-state index < -0.39 is 23.8 Å². The van der Waals surface area contributed by atoms with Crippen molar-refractivity contribution in [2.24, 2.45) is 0 Å². The van der Waals surface area contributed by atoms with Gasteiger partial charge < -0.3 is 9.47 Å². The molecule has 0 aromatic heterocycles. The van der Waals surface area contributed by atoms with E-state index >= 15 is 0 Å². The molecule has 0 aromatic carbocycles. The van der Waals surface area contributed by atoms with Crippen molar-refractivity contribution in [1.29, 1.82) is 0 Å². The van der Waals surface area contributed by atoms with Crippen LogP contribution in [0.1, 0.15) is 6.92 Å². The third-order valence-corrected chi connectivity index (χ3v) is 1.16. The van der Waals surface area contributed by atoms with Crippen molar-refractivity contribution in [3.8, 4) is 0 Å². The van der Waals surface area contributed by atoms with Gasteiger partial charge in [-0.15, -0.1) is 0 Å². The van der Waals surface area contributed by atoms with Crippen LogP contribution >= 0.6 is 0 Å². The van der Waals surface area contributed by atoms with Crippen LogP contribution in [0.3, 0.4) is 0 Å². The van der Waals surface area contributed by atoms with E-state index in [0.29, 0.717) is 0 Å². The Morgan fingerprint density at radius 3 is 2.45 bits per heavy atom. The molecule has 5 nitrogen and oxygen atoms in total. The highest BCUT2D eigenvalue weighted by Gasteiger charge is 2.42. The van der Waals surface area contributed by atoms with E-state index in [9.17, 15) is 14.4 Å². The Labute approximate surface area is 62.3 Å². The van der Waals surface area contributed by atoms with E-state index in [1.165, 1.54) is 0 Å². The molecule has 1 fully saturated rings. The Balaban J connectivity index is 2.67. The van der Waals surface area contributed by atoms with Crippen molar-refractivity contribution in [1.82, 2.24) is 0 Å². The fourth-order valence-electron chi connectivity index (χ4n) is 0.673. The van der Waals surface area contributed by atoms with Gasteiger partial charge in [0.1, 0.15) is 0 Å². The van der Waals surface area contributed by atoms with E-state index in [2.05, 4.69) is 9.47 Å². The first-order valence-corrected chi connectivity index (χ1v) is 3.07. The highest BCUT2D eigenvalue weighted by atomic mass is 16.7. The van der Waals surface area contributed by atoms with Crippen LogP contribution < -0.4 is 0 Å². The van der Waals surface area contributed by atoms with Gasteiger partial charge in [-0.2, -0.15) is 0 Å². The second-order valence-electron chi connectivity index (χ2n) is 1.89. The molecule has 1 rings (SSSR count). The average Bonchev–Trinajstić information content (AvgIpc) is 2.19. The molecule has 0 aliphatic carbocycles. The van der Waals surface area contributed by atoms with Crippen molar-refractivity contribution in [2.75, 3.05) is 6.61 Å². The minimum atomic E-state index is -1.31. The van der Waals surface area contributed by atoms with Crippen molar-refractivity contribution in [3.05, 3.63) is 0 Å². The van der Waals surface area contributed by atoms with Crippen LogP contribution in [0.5, 0.6) is 0 Å². The summed E-state index contributed by atoms with van der Waals surface area (Å²) >= 11 is 0. The maximum Gasteiger partial charge on any atom is 0.385 e. The fraction of sp³-hybridized carbons (Fsp3) is 0.500. The van der Waals surface area contributed by atoms with Crippen LogP contribution in [0.25, 0.3) is 0 Å². The normalized spacial score (nSPS) is 24.1. The lowest BCUT2D eigenvalue weighted by Gasteiger charge is -2.04. The standard InChI is InChI=1S/C6H6O5/c1-2-10-6-4(8)3(7)5(9)11-6/h6H,2H2,1H3/t6-/m1/s1. The van der Waals surface area contributed by atoms with Gasteiger partial charge in [-0.3, -0.25) is 9.59 Å². The Hall–Kier alpha value is -1.23. The minimum Gasteiger partial charge on any atom is -0.421 e. The third-order valence-electron chi connectivity index (χ3n) is 1.16. The van der Waals surface area contributed by atoms with E-state index in [-0.39, 0.29) is 6.61 Å². The maximum atomic E-state index is 10.7. The molecule has 1 heterocycles. The molecule has 0 N–H and O–H groups in total. The van der Waals surface area contributed by atoms with E-state index in [1.807, 2.05) is 0 Å². The predicted molar refractivity (Wildman–Crippen MR) is 31.5 cm³/mol. The Morgan fingerprint density at radius 2 is 2.09 bits per heavy atom. The van der Waals surface area contributed by atoms with Crippen molar-refractivity contribution in [2.45, 2.75) is 13.2 Å². The number of ketones is 2. The fourth-order valence-corrected chi connectivity index (χ4v) is 0.673. The first-order chi connectivity index (χ1) is 5.16. The van der Waals surface area contributed by atoms with Crippen molar-refractivity contribution >= 4 is 17.5 Å². The Kier molecular flexibility index (Phi) is 2.00. The quantitative estimate of drug-likeness (QED) is 0.382. The molecule has 0 bridgehead atoms. The average molecular weight is 158 g/mol. The summed E-state index contributed by atoms with van der Waals surface area (Å²) in [6.45, 7) is 1.85. The number of esters is 1. The molecule has 5 heteroatoms. The predicted octanol–water partition coefficient (Wildman–Crippen LogP) is -0.956. The summed E-state index contributed by atoms with van der Waals surface area (Å²) in [6.07, 6.45) is -1.31. The molecule has 60 valence electrons. The first-order valence-electron chi connectivity index (χ1n) is 3.07. The van der Waals surface area contributed by atoms with Gasteiger partial charge in [-0.25, -0.2) is 4.79 Å². The zero-order valence-electron chi connectivity index (χ0n) is 5.83. The zero-order valence-corrected chi connectivity index (χ0v) is 5.83. The van der Waals surface area contributed by atoms with Gasteiger partial charge in [0.05, 0.1) is 0 Å². The first kappa shape index (κ1) is 7.87. The largest absolute Gasteiger partial charge is 0.421 e. The summed E-state index contributed by atoms with van der Waals surface area (Å²) in [7, 11) is 0. The lowest BCUT2D eigenvalue weighted by Crippen LogP contribution is -2.22. The van der Waals surface area contributed by atoms with Crippen LogP contribution in [-0.4, -0.2) is 30.4 Å². The van der Waals surface area contributed by atoms with Gasteiger partial charge >= 0.3 is 11.8 Å². The van der Waals surface area contributed by atoms with Gasteiger partial charge in [0.15, 0.2) is 0 Å². The second-order valence-corrected chi connectivity index (χ2v) is 1.89. The number of carbonyl (C=O) groups is 3. The summed E-state index contributed by atoms with van der Waals surface area (Å²) in [6, 6.07) is 0. The number of hydrogen-bond donors (Lipinski definition) is 0. The minimum absolute atomic E-state index is 0.219. The summed E-state index contributed by atoms with van der Waals surface area (Å²) < 4.78 is 8.91. The number of rotatable bonds is 2. The molecule has 1 atom stereocenters. The summed E-state index contributed by atoms with van der Waals surface area (Å²) in [5, 5.41) is 0. The Morgan fingerprint density at radius 1 is 1.45 bits per heavy atom. The molecule has 1 aliphatic rings. The van der Waals surface area contributed by atoms with Gasteiger partial charge in [0.25, 0.3) is 12.1 Å². The molecule has 11 heavy (non-hydrogen) atoms. The molecule has 0 radical (unpaired) electrons. The van der Waals surface area contributed by atoms with Gasteiger partial charge in [0, 0.05) is 6.61 Å². The molecule has 1 aliphatic heterocycles. The van der Waals surface area contributed by atoms with Crippen molar-refractivity contribution in [3.63, 3.8) is 0 Å². The number of ether oxygens (including phenoxy) is 2. The highest BCUT2D eigenvalue weighted by molar-refractivity contribution is 6.65. The molecule has 0 unspecified atom stereocenters. The van der Waals surface area contributed by atoms with Crippen LogP contribution in [-0.2, 0) is 23.9 Å². The lowest BCUT2D eigenvalue weighted by molar-refractivity contribution is -0.167. The number of cyclic esters (lactones) is 1. The number of hydrogen-bond acceptors (Lipinski definition) is 5. The second kappa shape index (κ2) is 2.79. The van der Waals surface area contributed by atoms with Gasteiger partial charge in [0.2, 0.25) is 0 Å². The molecule has 0 saturated carbocycles.